The van der Waals surface area contributed by atoms with E-state index >= 15 is 0 Å². The molecule has 2 unspecified atom stereocenters. The van der Waals surface area contributed by atoms with Gasteiger partial charge in [-0.3, -0.25) is 0 Å². The van der Waals surface area contributed by atoms with E-state index in [4.69, 9.17) is 0 Å². The van der Waals surface area contributed by atoms with Crippen LogP contribution >= 0.6 is 7.92 Å². The SMILES string of the molecule is O=P#CC12CCCC(CC1)N2. The van der Waals surface area contributed by atoms with Gasteiger partial charge in [0.05, 0.1) is 0 Å². The second kappa shape index (κ2) is 2.79. The van der Waals surface area contributed by atoms with Crippen molar-refractivity contribution in [2.75, 3.05) is 0 Å². The first-order valence-corrected chi connectivity index (χ1v) is 5.03. The maximum atomic E-state index is 10.4. The van der Waals surface area contributed by atoms with Crippen LogP contribution < -0.4 is 5.32 Å². The zero-order valence-electron chi connectivity index (χ0n) is 6.47. The number of nitrogens with one attached hydrogen (secondary N) is 1. The Bertz CT molecular complexity index is 254. The van der Waals surface area contributed by atoms with E-state index < -0.39 is 0 Å². The van der Waals surface area contributed by atoms with Crippen LogP contribution in [0.4, 0.5) is 0 Å². The quantitative estimate of drug-likeness (QED) is 0.561. The van der Waals surface area contributed by atoms with Gasteiger partial charge < -0.3 is 0 Å². The van der Waals surface area contributed by atoms with Crippen molar-refractivity contribution in [2.24, 2.45) is 0 Å². The summed E-state index contributed by atoms with van der Waals surface area (Å²) in [4.78, 5) is 0. The molecular weight excluding hydrogens is 157 g/mol. The Kier molecular flexibility index (Phi) is 1.93. The van der Waals surface area contributed by atoms with Crippen LogP contribution in [-0.4, -0.2) is 11.6 Å². The van der Waals surface area contributed by atoms with E-state index in [0.29, 0.717) is 6.04 Å². The van der Waals surface area contributed by atoms with E-state index in [0.717, 1.165) is 12.8 Å². The Morgan fingerprint density at radius 2 is 2.36 bits per heavy atom. The van der Waals surface area contributed by atoms with Crippen molar-refractivity contribution in [3.05, 3.63) is 0 Å². The van der Waals surface area contributed by atoms with Crippen molar-refractivity contribution in [1.82, 2.24) is 5.32 Å². The summed E-state index contributed by atoms with van der Waals surface area (Å²) < 4.78 is 10.4. The number of fused-ring (bicyclic) bond motifs is 2. The monoisotopic (exact) mass is 169 g/mol. The predicted octanol–water partition coefficient (Wildman–Crippen LogP) is 1.91. The normalized spacial score (nSPS) is 41.6. The molecule has 2 rings (SSSR count). The molecule has 2 bridgehead atoms. The third-order valence-electron chi connectivity index (χ3n) is 2.82. The van der Waals surface area contributed by atoms with E-state index in [1.165, 1.54) is 19.3 Å². The molecule has 2 aliphatic rings. The Morgan fingerprint density at radius 3 is 3.18 bits per heavy atom. The van der Waals surface area contributed by atoms with Gasteiger partial charge in [0, 0.05) is 0 Å². The molecule has 0 aliphatic carbocycles. The minimum atomic E-state index is 0.0201. The summed E-state index contributed by atoms with van der Waals surface area (Å²) >= 11 is 0. The van der Waals surface area contributed by atoms with Crippen molar-refractivity contribution in [2.45, 2.75) is 43.7 Å². The first-order valence-electron chi connectivity index (χ1n) is 4.22. The second-order valence-corrected chi connectivity index (χ2v) is 3.96. The Labute approximate surface area is 67.9 Å². The summed E-state index contributed by atoms with van der Waals surface area (Å²) in [5.74, 6) is 0. The maximum absolute atomic E-state index is 10.4. The molecule has 60 valence electrons. The molecule has 2 fully saturated rings. The third-order valence-corrected chi connectivity index (χ3v) is 3.34. The van der Waals surface area contributed by atoms with E-state index in [1.54, 1.807) is 0 Å². The molecule has 0 amide bonds. The van der Waals surface area contributed by atoms with E-state index in [-0.39, 0.29) is 13.5 Å². The molecule has 0 saturated carbocycles. The molecule has 0 radical (unpaired) electrons. The van der Waals surface area contributed by atoms with Gasteiger partial charge in [0.15, 0.2) is 0 Å². The molecule has 2 heterocycles. The van der Waals surface area contributed by atoms with E-state index in [2.05, 4.69) is 10.9 Å². The molecule has 0 aromatic carbocycles. The topological polar surface area (TPSA) is 29.1 Å². The molecule has 3 heteroatoms. The summed E-state index contributed by atoms with van der Waals surface area (Å²) in [5, 5.41) is 3.49. The van der Waals surface area contributed by atoms with Crippen LogP contribution in [-0.2, 0) is 4.57 Å². The average Bonchev–Trinajstić information content (AvgIpc) is 2.28. The zero-order valence-corrected chi connectivity index (χ0v) is 7.36. The summed E-state index contributed by atoms with van der Waals surface area (Å²) in [7, 11) is 0.0632. The summed E-state index contributed by atoms with van der Waals surface area (Å²) in [6.45, 7) is 0. The number of rotatable bonds is 0. The Balaban J connectivity index is 2.23. The molecule has 0 aromatic rings. The van der Waals surface area contributed by atoms with Gasteiger partial charge in [0.25, 0.3) is 0 Å². The van der Waals surface area contributed by atoms with Gasteiger partial charge in [0.1, 0.15) is 0 Å². The van der Waals surface area contributed by atoms with Crippen LogP contribution in [0.5, 0.6) is 0 Å². The number of hydrogen-bond donors (Lipinski definition) is 1. The molecule has 0 spiro atoms. The van der Waals surface area contributed by atoms with Gasteiger partial charge in [-0.1, -0.05) is 0 Å². The van der Waals surface area contributed by atoms with Crippen LogP contribution in [0.1, 0.15) is 32.1 Å². The van der Waals surface area contributed by atoms with E-state index in [1.807, 2.05) is 0 Å². The molecule has 2 aliphatic heterocycles. The van der Waals surface area contributed by atoms with Crippen molar-refractivity contribution in [3.8, 4) is 5.63 Å². The fourth-order valence-electron chi connectivity index (χ4n) is 2.25. The van der Waals surface area contributed by atoms with Crippen molar-refractivity contribution in [3.63, 3.8) is 0 Å². The summed E-state index contributed by atoms with van der Waals surface area (Å²) in [6.07, 6.45) is 6.05. The van der Waals surface area contributed by atoms with Gasteiger partial charge in [-0.25, -0.2) is 0 Å². The first kappa shape index (κ1) is 7.61. The molecule has 11 heavy (non-hydrogen) atoms. The first-order chi connectivity index (χ1) is 5.35. The zero-order chi connectivity index (χ0) is 7.73. The Morgan fingerprint density at radius 1 is 1.45 bits per heavy atom. The van der Waals surface area contributed by atoms with Crippen LogP contribution in [0, 0.1) is 5.63 Å². The van der Waals surface area contributed by atoms with Crippen LogP contribution in [0.3, 0.4) is 0 Å². The van der Waals surface area contributed by atoms with Gasteiger partial charge in [-0.15, -0.1) is 0 Å². The second-order valence-electron chi connectivity index (χ2n) is 3.56. The predicted molar refractivity (Wildman–Crippen MR) is 44.2 cm³/mol. The average molecular weight is 169 g/mol. The van der Waals surface area contributed by atoms with Crippen molar-refractivity contribution < 1.29 is 4.57 Å². The fraction of sp³-hybridized carbons (Fsp3) is 0.875. The Hall–Kier alpha value is -0.0300. The van der Waals surface area contributed by atoms with Gasteiger partial charge in [0.2, 0.25) is 0 Å². The van der Waals surface area contributed by atoms with E-state index in [9.17, 15) is 4.57 Å². The fourth-order valence-corrected chi connectivity index (χ4v) is 2.71. The molecule has 2 atom stereocenters. The molecule has 2 saturated heterocycles. The number of piperidine rings is 1. The minimum absolute atomic E-state index is 0.0201. The third kappa shape index (κ3) is 1.31. The summed E-state index contributed by atoms with van der Waals surface area (Å²) in [6, 6.07) is 0.679. The standard InChI is InChI=1S/C8H12NOP/c10-11-6-8-4-1-2-7(9-8)3-5-8/h7,9H,1-5H2. The van der Waals surface area contributed by atoms with Gasteiger partial charge in [-0.2, -0.15) is 0 Å². The summed E-state index contributed by atoms with van der Waals surface area (Å²) in [5.41, 5.74) is 3.01. The van der Waals surface area contributed by atoms with Crippen molar-refractivity contribution in [1.29, 1.82) is 0 Å². The molecule has 1 N–H and O–H groups in total. The van der Waals surface area contributed by atoms with Gasteiger partial charge >= 0.3 is 67.1 Å². The van der Waals surface area contributed by atoms with Crippen LogP contribution in [0.25, 0.3) is 0 Å². The number of hydrogen-bond acceptors (Lipinski definition) is 2. The van der Waals surface area contributed by atoms with Gasteiger partial charge in [-0.05, 0) is 0 Å². The van der Waals surface area contributed by atoms with Crippen LogP contribution in [0.2, 0.25) is 0 Å². The molecule has 0 aromatic heterocycles. The molecular formula is C8H12NOP. The van der Waals surface area contributed by atoms with Crippen molar-refractivity contribution >= 4 is 7.92 Å². The van der Waals surface area contributed by atoms with Crippen LogP contribution in [0.15, 0.2) is 0 Å². The molecule has 2 nitrogen and oxygen atoms in total.